The van der Waals surface area contributed by atoms with Crippen molar-refractivity contribution in [2.24, 2.45) is 0 Å². The summed E-state index contributed by atoms with van der Waals surface area (Å²) < 4.78 is 75.1. The van der Waals surface area contributed by atoms with Crippen molar-refractivity contribution in [3.05, 3.63) is 34.4 Å². The lowest BCUT2D eigenvalue weighted by Gasteiger charge is -2.15. The fraction of sp³-hybridized carbons (Fsp3) is 0.300. The van der Waals surface area contributed by atoms with Gasteiger partial charge in [0.1, 0.15) is 0 Å². The van der Waals surface area contributed by atoms with Crippen LogP contribution < -0.4 is 0 Å². The van der Waals surface area contributed by atoms with Crippen molar-refractivity contribution < 1.29 is 26.3 Å². The van der Waals surface area contributed by atoms with Crippen LogP contribution in [-0.2, 0) is 18.2 Å². The molecule has 0 aliphatic heterocycles. The molecule has 0 saturated carbocycles. The van der Waals surface area contributed by atoms with E-state index >= 15 is 0 Å². The van der Waals surface area contributed by atoms with Crippen LogP contribution in [-0.4, -0.2) is 0 Å². The minimum atomic E-state index is -4.91. The van der Waals surface area contributed by atoms with Crippen molar-refractivity contribution in [1.82, 2.24) is 0 Å². The highest BCUT2D eigenvalue weighted by atomic mass is 35.5. The van der Waals surface area contributed by atoms with Crippen LogP contribution >= 0.6 is 11.6 Å². The normalized spacial score (nSPS) is 12.3. The summed E-state index contributed by atoms with van der Waals surface area (Å²) in [5.74, 6) is -0.733. The number of alkyl halides is 7. The Labute approximate surface area is 103 Å². The third kappa shape index (κ3) is 2.88. The van der Waals surface area contributed by atoms with Crippen molar-refractivity contribution in [2.45, 2.75) is 18.2 Å². The van der Waals surface area contributed by atoms with Gasteiger partial charge in [-0.25, -0.2) is 0 Å². The molecule has 0 fully saturated rings. The maximum Gasteiger partial charge on any atom is 0.417 e. The van der Waals surface area contributed by atoms with E-state index in [1.807, 2.05) is 0 Å². The van der Waals surface area contributed by atoms with Gasteiger partial charge in [0.2, 0.25) is 0 Å². The summed E-state index contributed by atoms with van der Waals surface area (Å²) in [7, 11) is 0. The van der Waals surface area contributed by atoms with E-state index in [1.165, 1.54) is 0 Å². The zero-order valence-corrected chi connectivity index (χ0v) is 9.21. The van der Waals surface area contributed by atoms with Gasteiger partial charge in [-0.2, -0.15) is 31.6 Å². The second-order valence-electron chi connectivity index (χ2n) is 3.30. The Morgan fingerprint density at radius 3 is 1.83 bits per heavy atom. The van der Waals surface area contributed by atoms with Crippen molar-refractivity contribution >= 4 is 11.6 Å². The number of rotatable bonds is 1. The Bertz CT molecular complexity index is 497. The number of benzene rings is 1. The molecule has 98 valence electrons. The standard InChI is InChI=1S/C10H4ClF6N/c11-3-5-1-8(10(15,16)17)6(4-18)2-7(5)9(12,13)14/h1-2H,3H2. The first-order valence-electron chi connectivity index (χ1n) is 4.38. The number of hydrogen-bond donors (Lipinski definition) is 0. The van der Waals surface area contributed by atoms with Crippen LogP contribution in [0.3, 0.4) is 0 Å². The monoisotopic (exact) mass is 287 g/mol. The van der Waals surface area contributed by atoms with E-state index in [4.69, 9.17) is 16.9 Å². The molecular formula is C10H4ClF6N. The van der Waals surface area contributed by atoms with Crippen LogP contribution in [0.25, 0.3) is 0 Å². The molecule has 0 saturated heterocycles. The second kappa shape index (κ2) is 4.69. The van der Waals surface area contributed by atoms with Crippen molar-refractivity contribution in [3.63, 3.8) is 0 Å². The molecule has 0 radical (unpaired) electrons. The van der Waals surface area contributed by atoms with Gasteiger partial charge in [-0.15, -0.1) is 11.6 Å². The van der Waals surface area contributed by atoms with Crippen molar-refractivity contribution in [2.75, 3.05) is 0 Å². The maximum atomic E-state index is 12.5. The lowest BCUT2D eigenvalue weighted by molar-refractivity contribution is -0.141. The van der Waals surface area contributed by atoms with E-state index < -0.39 is 40.5 Å². The Balaban J connectivity index is 3.59. The minimum absolute atomic E-state index is 0.167. The lowest BCUT2D eigenvalue weighted by Crippen LogP contribution is -2.14. The van der Waals surface area contributed by atoms with Gasteiger partial charge < -0.3 is 0 Å². The predicted molar refractivity (Wildman–Crippen MR) is 50.7 cm³/mol. The highest BCUT2D eigenvalue weighted by Crippen LogP contribution is 2.39. The first-order valence-corrected chi connectivity index (χ1v) is 4.92. The fourth-order valence-electron chi connectivity index (χ4n) is 1.35. The molecule has 1 rings (SSSR count). The Morgan fingerprint density at radius 2 is 1.50 bits per heavy atom. The molecular weight excluding hydrogens is 284 g/mol. The topological polar surface area (TPSA) is 23.8 Å². The Morgan fingerprint density at radius 1 is 1.00 bits per heavy atom. The summed E-state index contributed by atoms with van der Waals surface area (Å²) in [4.78, 5) is 0. The van der Waals surface area contributed by atoms with E-state index in [0.29, 0.717) is 0 Å². The van der Waals surface area contributed by atoms with Gasteiger partial charge in [0, 0.05) is 5.88 Å². The van der Waals surface area contributed by atoms with Crippen molar-refractivity contribution in [1.29, 1.82) is 5.26 Å². The van der Waals surface area contributed by atoms with Gasteiger partial charge in [0.25, 0.3) is 0 Å². The van der Waals surface area contributed by atoms with Gasteiger partial charge in [-0.3, -0.25) is 0 Å². The average Bonchev–Trinajstić information content (AvgIpc) is 2.24. The SMILES string of the molecule is N#Cc1cc(C(F)(F)F)c(CCl)cc1C(F)(F)F. The van der Waals surface area contributed by atoms with Crippen LogP contribution in [0, 0.1) is 11.3 Å². The van der Waals surface area contributed by atoms with Crippen LogP contribution in [0.15, 0.2) is 12.1 Å². The van der Waals surface area contributed by atoms with Gasteiger partial charge in [0.05, 0.1) is 22.8 Å². The predicted octanol–water partition coefficient (Wildman–Crippen LogP) is 4.33. The zero-order chi connectivity index (χ0) is 14.1. The molecule has 0 aliphatic carbocycles. The molecule has 0 heterocycles. The molecule has 0 amide bonds. The first kappa shape index (κ1) is 14.6. The summed E-state index contributed by atoms with van der Waals surface area (Å²) in [6.07, 6.45) is -9.77. The third-order valence-electron chi connectivity index (χ3n) is 2.12. The van der Waals surface area contributed by atoms with Gasteiger partial charge in [-0.1, -0.05) is 0 Å². The average molecular weight is 288 g/mol. The highest BCUT2D eigenvalue weighted by molar-refractivity contribution is 6.17. The Kier molecular flexibility index (Phi) is 3.81. The first-order chi connectivity index (χ1) is 8.11. The molecule has 0 atom stereocenters. The molecule has 1 nitrogen and oxygen atoms in total. The summed E-state index contributed by atoms with van der Waals surface area (Å²) in [6.45, 7) is 0. The molecule has 0 aromatic heterocycles. The smallest absolute Gasteiger partial charge is 0.192 e. The molecule has 18 heavy (non-hydrogen) atoms. The van der Waals surface area contributed by atoms with Crippen LogP contribution in [0.4, 0.5) is 26.3 Å². The Hall–Kier alpha value is -1.42. The van der Waals surface area contributed by atoms with Gasteiger partial charge in [0.15, 0.2) is 0 Å². The number of halogens is 7. The quantitative estimate of drug-likeness (QED) is 0.557. The van der Waals surface area contributed by atoms with E-state index in [-0.39, 0.29) is 12.1 Å². The molecule has 0 aliphatic rings. The molecule has 0 N–H and O–H groups in total. The second-order valence-corrected chi connectivity index (χ2v) is 3.56. The fourth-order valence-corrected chi connectivity index (χ4v) is 1.57. The van der Waals surface area contributed by atoms with E-state index in [1.54, 1.807) is 0 Å². The van der Waals surface area contributed by atoms with Crippen LogP contribution in [0.2, 0.25) is 0 Å². The van der Waals surface area contributed by atoms with E-state index in [9.17, 15) is 26.3 Å². The number of nitrogens with zero attached hydrogens (tertiary/aromatic N) is 1. The zero-order valence-electron chi connectivity index (χ0n) is 8.45. The summed E-state index contributed by atoms with van der Waals surface area (Å²) in [6, 6.07) is 1.53. The summed E-state index contributed by atoms with van der Waals surface area (Å²) in [5.41, 5.74) is -4.55. The molecule has 0 bridgehead atoms. The summed E-state index contributed by atoms with van der Waals surface area (Å²) >= 11 is 5.21. The molecule has 1 aromatic rings. The van der Waals surface area contributed by atoms with Crippen molar-refractivity contribution in [3.8, 4) is 6.07 Å². The van der Waals surface area contributed by atoms with Gasteiger partial charge >= 0.3 is 12.4 Å². The molecule has 0 spiro atoms. The van der Waals surface area contributed by atoms with Crippen LogP contribution in [0.1, 0.15) is 22.3 Å². The third-order valence-corrected chi connectivity index (χ3v) is 2.41. The van der Waals surface area contributed by atoms with Gasteiger partial charge in [-0.05, 0) is 17.7 Å². The molecule has 0 unspecified atom stereocenters. The molecule has 8 heteroatoms. The number of nitriles is 1. The minimum Gasteiger partial charge on any atom is -0.192 e. The lowest BCUT2D eigenvalue weighted by atomic mass is 9.99. The van der Waals surface area contributed by atoms with E-state index in [0.717, 1.165) is 6.07 Å². The van der Waals surface area contributed by atoms with Crippen LogP contribution in [0.5, 0.6) is 0 Å². The highest BCUT2D eigenvalue weighted by Gasteiger charge is 2.39. The number of hydrogen-bond acceptors (Lipinski definition) is 1. The largest absolute Gasteiger partial charge is 0.417 e. The maximum absolute atomic E-state index is 12.5. The molecule has 1 aromatic carbocycles. The summed E-state index contributed by atoms with van der Waals surface area (Å²) in [5, 5.41) is 8.49. The van der Waals surface area contributed by atoms with E-state index in [2.05, 4.69) is 0 Å².